The van der Waals surface area contributed by atoms with E-state index in [1.54, 1.807) is 0 Å². The van der Waals surface area contributed by atoms with Crippen molar-refractivity contribution in [2.24, 2.45) is 11.7 Å². The fourth-order valence-electron chi connectivity index (χ4n) is 2.81. The predicted octanol–water partition coefficient (Wildman–Crippen LogP) is 3.00. The molecule has 1 unspecified atom stereocenters. The molecule has 0 saturated heterocycles. The van der Waals surface area contributed by atoms with Crippen molar-refractivity contribution < 1.29 is 4.79 Å². The smallest absolute Gasteiger partial charge is 0.251 e. The molecule has 0 spiro atoms. The van der Waals surface area contributed by atoms with Crippen molar-refractivity contribution in [2.45, 2.75) is 38.6 Å². The van der Waals surface area contributed by atoms with E-state index in [4.69, 9.17) is 5.73 Å². The molecule has 104 valence electrons. The van der Waals surface area contributed by atoms with Gasteiger partial charge in [0.25, 0.3) is 5.91 Å². The zero-order valence-electron chi connectivity index (χ0n) is 11.3. The second-order valence-corrected chi connectivity index (χ2v) is 6.24. The van der Waals surface area contributed by atoms with E-state index in [0.29, 0.717) is 12.5 Å². The summed E-state index contributed by atoms with van der Waals surface area (Å²) in [6.07, 6.45) is 4.87. The van der Waals surface area contributed by atoms with Crippen LogP contribution in [0.3, 0.4) is 0 Å². The number of nitrogens with two attached hydrogens (primary N) is 1. The normalized spacial score (nSPS) is 17.4. The van der Waals surface area contributed by atoms with Crippen LogP contribution in [0.1, 0.15) is 41.6 Å². The first-order valence-electron chi connectivity index (χ1n) is 6.89. The summed E-state index contributed by atoms with van der Waals surface area (Å²) in [4.78, 5) is 12.4. The summed E-state index contributed by atoms with van der Waals surface area (Å²) in [5, 5.41) is 3.11. The van der Waals surface area contributed by atoms with Gasteiger partial charge in [-0.25, -0.2) is 0 Å². The number of carbonyl (C=O) groups is 1. The number of benzene rings is 1. The minimum atomic E-state index is -0.0128. The average molecular weight is 325 g/mol. The van der Waals surface area contributed by atoms with Gasteiger partial charge in [-0.2, -0.15) is 0 Å². The highest BCUT2D eigenvalue weighted by molar-refractivity contribution is 9.10. The second kappa shape index (κ2) is 6.53. The topological polar surface area (TPSA) is 55.1 Å². The van der Waals surface area contributed by atoms with E-state index in [1.807, 2.05) is 25.1 Å². The largest absolute Gasteiger partial charge is 0.348 e. The molecule has 3 N–H and O–H groups in total. The second-order valence-electron chi connectivity index (χ2n) is 5.32. The number of hydrogen-bond acceptors (Lipinski definition) is 2. The van der Waals surface area contributed by atoms with Crippen LogP contribution in [0.25, 0.3) is 0 Å². The number of carbonyl (C=O) groups excluding carboxylic acids is 1. The first-order chi connectivity index (χ1) is 9.11. The number of rotatable bonds is 4. The van der Waals surface area contributed by atoms with Gasteiger partial charge >= 0.3 is 0 Å². The van der Waals surface area contributed by atoms with E-state index in [2.05, 4.69) is 21.2 Å². The van der Waals surface area contributed by atoms with E-state index in [1.165, 1.54) is 25.7 Å². The molecule has 4 heteroatoms. The van der Waals surface area contributed by atoms with Crippen LogP contribution in [0.5, 0.6) is 0 Å². The molecule has 1 aromatic rings. The van der Waals surface area contributed by atoms with Gasteiger partial charge in [0, 0.05) is 22.6 Å². The third kappa shape index (κ3) is 3.57. The van der Waals surface area contributed by atoms with Gasteiger partial charge in [0.2, 0.25) is 0 Å². The SMILES string of the molecule is Cc1ccc(Br)cc1C(=O)NC(CN)C1CCCC1. The Morgan fingerprint density at radius 2 is 2.16 bits per heavy atom. The number of amides is 1. The molecule has 0 heterocycles. The number of nitrogens with one attached hydrogen (secondary N) is 1. The van der Waals surface area contributed by atoms with E-state index in [-0.39, 0.29) is 11.9 Å². The quantitative estimate of drug-likeness (QED) is 0.894. The third-order valence-corrected chi connectivity index (χ3v) is 4.48. The van der Waals surface area contributed by atoms with Crippen molar-refractivity contribution in [1.29, 1.82) is 0 Å². The van der Waals surface area contributed by atoms with Crippen molar-refractivity contribution in [3.8, 4) is 0 Å². The summed E-state index contributed by atoms with van der Waals surface area (Å²) in [6, 6.07) is 5.87. The number of aryl methyl sites for hydroxylation is 1. The molecule has 1 aliphatic rings. The van der Waals surface area contributed by atoms with E-state index < -0.39 is 0 Å². The number of hydrogen-bond donors (Lipinski definition) is 2. The fourth-order valence-corrected chi connectivity index (χ4v) is 3.18. The van der Waals surface area contributed by atoms with Crippen LogP contribution in [0.15, 0.2) is 22.7 Å². The Hall–Kier alpha value is -0.870. The maximum Gasteiger partial charge on any atom is 0.251 e. The third-order valence-electron chi connectivity index (χ3n) is 3.98. The molecule has 1 aliphatic carbocycles. The molecular formula is C15H21BrN2O. The maximum atomic E-state index is 12.4. The molecule has 0 aliphatic heterocycles. The molecule has 1 saturated carbocycles. The summed E-state index contributed by atoms with van der Waals surface area (Å²) < 4.78 is 0.924. The van der Waals surface area contributed by atoms with Gasteiger partial charge in [0.05, 0.1) is 0 Å². The molecule has 1 fully saturated rings. The molecule has 2 rings (SSSR count). The van der Waals surface area contributed by atoms with Crippen LogP contribution >= 0.6 is 15.9 Å². The van der Waals surface area contributed by atoms with Crippen LogP contribution < -0.4 is 11.1 Å². The molecule has 1 aromatic carbocycles. The lowest BCUT2D eigenvalue weighted by atomic mass is 9.97. The van der Waals surface area contributed by atoms with Crippen LogP contribution in [0, 0.1) is 12.8 Å². The zero-order chi connectivity index (χ0) is 13.8. The lowest BCUT2D eigenvalue weighted by Gasteiger charge is -2.23. The van der Waals surface area contributed by atoms with Crippen molar-refractivity contribution in [2.75, 3.05) is 6.54 Å². The van der Waals surface area contributed by atoms with Gasteiger partial charge < -0.3 is 11.1 Å². The Balaban J connectivity index is 2.08. The molecule has 0 aromatic heterocycles. The van der Waals surface area contributed by atoms with Crippen molar-refractivity contribution >= 4 is 21.8 Å². The van der Waals surface area contributed by atoms with Crippen molar-refractivity contribution in [3.63, 3.8) is 0 Å². The van der Waals surface area contributed by atoms with Crippen LogP contribution in [0.4, 0.5) is 0 Å². The summed E-state index contributed by atoms with van der Waals surface area (Å²) in [5.74, 6) is 0.530. The van der Waals surface area contributed by atoms with E-state index in [0.717, 1.165) is 15.6 Å². The van der Waals surface area contributed by atoms with Gasteiger partial charge in [-0.3, -0.25) is 4.79 Å². The highest BCUT2D eigenvalue weighted by Crippen LogP contribution is 2.27. The Kier molecular flexibility index (Phi) is 4.99. The molecule has 3 nitrogen and oxygen atoms in total. The first-order valence-corrected chi connectivity index (χ1v) is 7.68. The predicted molar refractivity (Wildman–Crippen MR) is 81.1 cm³/mol. The Morgan fingerprint density at radius 3 is 2.79 bits per heavy atom. The van der Waals surface area contributed by atoms with E-state index in [9.17, 15) is 4.79 Å². The fraction of sp³-hybridized carbons (Fsp3) is 0.533. The van der Waals surface area contributed by atoms with Gasteiger partial charge in [0.15, 0.2) is 0 Å². The van der Waals surface area contributed by atoms with Crippen molar-refractivity contribution in [3.05, 3.63) is 33.8 Å². The molecule has 1 amide bonds. The molecule has 19 heavy (non-hydrogen) atoms. The monoisotopic (exact) mass is 324 g/mol. The van der Waals surface area contributed by atoms with Gasteiger partial charge in [-0.05, 0) is 43.4 Å². The summed E-state index contributed by atoms with van der Waals surface area (Å²) >= 11 is 3.41. The van der Waals surface area contributed by atoms with Gasteiger partial charge in [-0.15, -0.1) is 0 Å². The van der Waals surface area contributed by atoms with E-state index >= 15 is 0 Å². The first kappa shape index (κ1) is 14.5. The van der Waals surface area contributed by atoms with Crippen LogP contribution in [-0.2, 0) is 0 Å². The standard InChI is InChI=1S/C15H21BrN2O/c1-10-6-7-12(16)8-13(10)15(19)18-14(9-17)11-4-2-3-5-11/h6-8,11,14H,2-5,9,17H2,1H3,(H,18,19). The highest BCUT2D eigenvalue weighted by atomic mass is 79.9. The average Bonchev–Trinajstić information content (AvgIpc) is 2.92. The lowest BCUT2D eigenvalue weighted by molar-refractivity contribution is 0.0923. The molecule has 0 radical (unpaired) electrons. The van der Waals surface area contributed by atoms with Crippen LogP contribution in [-0.4, -0.2) is 18.5 Å². The highest BCUT2D eigenvalue weighted by Gasteiger charge is 2.25. The zero-order valence-corrected chi connectivity index (χ0v) is 12.9. The minimum absolute atomic E-state index is 0.0128. The maximum absolute atomic E-state index is 12.4. The van der Waals surface area contributed by atoms with Crippen LogP contribution in [0.2, 0.25) is 0 Å². The molecule has 1 atom stereocenters. The molecular weight excluding hydrogens is 304 g/mol. The van der Waals surface area contributed by atoms with Gasteiger partial charge in [-0.1, -0.05) is 34.8 Å². The summed E-state index contributed by atoms with van der Waals surface area (Å²) in [7, 11) is 0. The number of halogens is 1. The van der Waals surface area contributed by atoms with Gasteiger partial charge in [0.1, 0.15) is 0 Å². The molecule has 0 bridgehead atoms. The Labute approximate surface area is 123 Å². The minimum Gasteiger partial charge on any atom is -0.348 e. The van der Waals surface area contributed by atoms with Crippen molar-refractivity contribution in [1.82, 2.24) is 5.32 Å². The summed E-state index contributed by atoms with van der Waals surface area (Å²) in [5.41, 5.74) is 7.54. The Bertz CT molecular complexity index is 455. The Morgan fingerprint density at radius 1 is 1.47 bits per heavy atom. The lowest BCUT2D eigenvalue weighted by Crippen LogP contribution is -2.44. The summed E-state index contributed by atoms with van der Waals surface area (Å²) in [6.45, 7) is 2.47.